The van der Waals surface area contributed by atoms with E-state index in [1.165, 1.54) is 0 Å². The van der Waals surface area contributed by atoms with Crippen LogP contribution in [-0.2, 0) is 4.79 Å². The zero-order valence-electron chi connectivity index (χ0n) is 11.0. The number of carbonyl (C=O) groups excluding carboxylic acids is 1. The first-order valence-electron chi connectivity index (χ1n) is 6.47. The Labute approximate surface area is 123 Å². The van der Waals surface area contributed by atoms with Gasteiger partial charge in [-0.15, -0.1) is 11.6 Å². The van der Waals surface area contributed by atoms with Crippen molar-refractivity contribution in [3.63, 3.8) is 0 Å². The van der Waals surface area contributed by atoms with Crippen molar-refractivity contribution in [1.29, 1.82) is 0 Å². The third-order valence-corrected chi connectivity index (χ3v) is 2.94. The molecule has 3 nitrogen and oxygen atoms in total. The zero-order chi connectivity index (χ0) is 14.2. The molecule has 2 rings (SSSR count). The highest BCUT2D eigenvalue weighted by molar-refractivity contribution is 6.18. The molecule has 0 fully saturated rings. The van der Waals surface area contributed by atoms with Crippen molar-refractivity contribution >= 4 is 23.2 Å². The van der Waals surface area contributed by atoms with Crippen LogP contribution in [0.5, 0.6) is 11.5 Å². The smallest absolute Gasteiger partial charge is 0.224 e. The molecule has 0 spiro atoms. The molecule has 1 N–H and O–H groups in total. The fraction of sp³-hybridized carbons (Fsp3) is 0.188. The van der Waals surface area contributed by atoms with Gasteiger partial charge in [-0.1, -0.05) is 30.3 Å². The molecular weight excluding hydrogens is 274 g/mol. The van der Waals surface area contributed by atoms with E-state index < -0.39 is 0 Å². The van der Waals surface area contributed by atoms with Crippen molar-refractivity contribution in [3.05, 3.63) is 54.6 Å². The second kappa shape index (κ2) is 7.56. The van der Waals surface area contributed by atoms with Crippen molar-refractivity contribution in [2.24, 2.45) is 0 Å². The lowest BCUT2D eigenvalue weighted by Gasteiger charge is -2.12. The molecule has 0 saturated heterocycles. The van der Waals surface area contributed by atoms with Crippen LogP contribution in [0.3, 0.4) is 0 Å². The van der Waals surface area contributed by atoms with E-state index in [9.17, 15) is 4.79 Å². The average Bonchev–Trinajstić information content (AvgIpc) is 2.48. The minimum absolute atomic E-state index is 0.0604. The van der Waals surface area contributed by atoms with Gasteiger partial charge in [0.15, 0.2) is 5.75 Å². The Bertz CT molecular complexity index is 557. The van der Waals surface area contributed by atoms with Crippen LogP contribution in [-0.4, -0.2) is 11.8 Å². The van der Waals surface area contributed by atoms with Gasteiger partial charge in [0, 0.05) is 12.3 Å². The van der Waals surface area contributed by atoms with Crippen molar-refractivity contribution in [3.8, 4) is 11.5 Å². The molecule has 0 aliphatic rings. The standard InChI is InChI=1S/C16H16ClNO2/c17-12-6-11-16(19)18-14-9-4-5-10-15(14)20-13-7-2-1-3-8-13/h1-5,7-10H,6,11-12H2,(H,18,19). The lowest BCUT2D eigenvalue weighted by Crippen LogP contribution is -2.11. The molecule has 0 saturated carbocycles. The topological polar surface area (TPSA) is 38.3 Å². The molecule has 0 aliphatic heterocycles. The summed E-state index contributed by atoms with van der Waals surface area (Å²) in [6.07, 6.45) is 1.07. The van der Waals surface area contributed by atoms with Crippen molar-refractivity contribution in [2.45, 2.75) is 12.8 Å². The van der Waals surface area contributed by atoms with E-state index in [4.69, 9.17) is 16.3 Å². The van der Waals surface area contributed by atoms with Crippen LogP contribution in [0.25, 0.3) is 0 Å². The number of hydrogen-bond acceptors (Lipinski definition) is 2. The number of benzene rings is 2. The molecule has 104 valence electrons. The third kappa shape index (κ3) is 4.28. The minimum Gasteiger partial charge on any atom is -0.455 e. The first-order valence-corrected chi connectivity index (χ1v) is 7.01. The Morgan fingerprint density at radius 1 is 1.05 bits per heavy atom. The van der Waals surface area contributed by atoms with E-state index in [1.807, 2.05) is 54.6 Å². The van der Waals surface area contributed by atoms with Crippen molar-refractivity contribution in [1.82, 2.24) is 0 Å². The van der Waals surface area contributed by atoms with Gasteiger partial charge in [0.2, 0.25) is 5.91 Å². The van der Waals surface area contributed by atoms with E-state index in [2.05, 4.69) is 5.32 Å². The summed E-state index contributed by atoms with van der Waals surface area (Å²) in [5.41, 5.74) is 0.663. The van der Waals surface area contributed by atoms with E-state index in [0.717, 1.165) is 5.75 Å². The molecule has 1 amide bonds. The molecule has 0 heterocycles. The summed E-state index contributed by atoms with van der Waals surface area (Å²) in [7, 11) is 0. The fourth-order valence-electron chi connectivity index (χ4n) is 1.71. The maximum atomic E-state index is 11.8. The first-order chi connectivity index (χ1) is 9.79. The van der Waals surface area contributed by atoms with Crippen LogP contribution in [0.4, 0.5) is 5.69 Å². The van der Waals surface area contributed by atoms with Gasteiger partial charge in [0.1, 0.15) is 5.75 Å². The van der Waals surface area contributed by atoms with E-state index in [1.54, 1.807) is 0 Å². The minimum atomic E-state index is -0.0604. The summed E-state index contributed by atoms with van der Waals surface area (Å²) >= 11 is 5.58. The second-order valence-electron chi connectivity index (χ2n) is 4.25. The van der Waals surface area contributed by atoms with Gasteiger partial charge in [-0.25, -0.2) is 0 Å². The van der Waals surface area contributed by atoms with Crippen LogP contribution < -0.4 is 10.1 Å². The number of anilines is 1. The number of carbonyl (C=O) groups is 1. The van der Waals surface area contributed by atoms with Gasteiger partial charge in [0.05, 0.1) is 5.69 Å². The SMILES string of the molecule is O=C(CCCCl)Nc1ccccc1Oc1ccccc1. The van der Waals surface area contributed by atoms with Crippen LogP contribution in [0.2, 0.25) is 0 Å². The van der Waals surface area contributed by atoms with Crippen LogP contribution >= 0.6 is 11.6 Å². The molecule has 20 heavy (non-hydrogen) atoms. The highest BCUT2D eigenvalue weighted by Crippen LogP contribution is 2.29. The van der Waals surface area contributed by atoms with E-state index in [-0.39, 0.29) is 5.91 Å². The van der Waals surface area contributed by atoms with Crippen LogP contribution in [0.1, 0.15) is 12.8 Å². The molecule has 0 atom stereocenters. The Balaban J connectivity index is 2.08. The van der Waals surface area contributed by atoms with Crippen molar-refractivity contribution in [2.75, 3.05) is 11.2 Å². The quantitative estimate of drug-likeness (QED) is 0.799. The lowest BCUT2D eigenvalue weighted by atomic mass is 10.2. The summed E-state index contributed by atoms with van der Waals surface area (Å²) in [5.74, 6) is 1.78. The normalized spacial score (nSPS) is 10.1. The van der Waals surface area contributed by atoms with Crippen molar-refractivity contribution < 1.29 is 9.53 Å². The second-order valence-corrected chi connectivity index (χ2v) is 4.63. The Morgan fingerprint density at radius 3 is 2.50 bits per heavy atom. The predicted molar refractivity (Wildman–Crippen MR) is 81.5 cm³/mol. The maximum absolute atomic E-state index is 11.8. The molecule has 0 aliphatic carbocycles. The Hall–Kier alpha value is -2.00. The van der Waals surface area contributed by atoms with Crippen LogP contribution in [0.15, 0.2) is 54.6 Å². The monoisotopic (exact) mass is 289 g/mol. The fourth-order valence-corrected chi connectivity index (χ4v) is 1.85. The summed E-state index contributed by atoms with van der Waals surface area (Å²) in [6.45, 7) is 0. The van der Waals surface area contributed by atoms with Gasteiger partial charge in [0.25, 0.3) is 0 Å². The highest BCUT2D eigenvalue weighted by atomic mass is 35.5. The first kappa shape index (κ1) is 14.4. The average molecular weight is 290 g/mol. The highest BCUT2D eigenvalue weighted by Gasteiger charge is 2.07. The molecule has 4 heteroatoms. The summed E-state index contributed by atoms with van der Waals surface area (Å²) in [6, 6.07) is 16.8. The number of amides is 1. The van der Waals surface area contributed by atoms with Gasteiger partial charge in [-0.3, -0.25) is 4.79 Å². The van der Waals surface area contributed by atoms with E-state index in [0.29, 0.717) is 30.2 Å². The molecule has 2 aromatic rings. The zero-order valence-corrected chi connectivity index (χ0v) is 11.8. The van der Waals surface area contributed by atoms with Gasteiger partial charge >= 0.3 is 0 Å². The lowest BCUT2D eigenvalue weighted by molar-refractivity contribution is -0.116. The number of para-hydroxylation sites is 3. The molecular formula is C16H16ClNO2. The Kier molecular flexibility index (Phi) is 5.44. The number of alkyl halides is 1. The summed E-state index contributed by atoms with van der Waals surface area (Å²) in [4.78, 5) is 11.8. The van der Waals surface area contributed by atoms with E-state index >= 15 is 0 Å². The van der Waals surface area contributed by atoms with Gasteiger partial charge in [-0.05, 0) is 30.7 Å². The largest absolute Gasteiger partial charge is 0.455 e. The molecule has 0 unspecified atom stereocenters. The molecule has 2 aromatic carbocycles. The molecule has 0 bridgehead atoms. The number of halogens is 1. The third-order valence-electron chi connectivity index (χ3n) is 2.67. The number of hydrogen-bond donors (Lipinski definition) is 1. The van der Waals surface area contributed by atoms with Gasteiger partial charge in [-0.2, -0.15) is 0 Å². The van der Waals surface area contributed by atoms with Crippen LogP contribution in [0, 0.1) is 0 Å². The summed E-state index contributed by atoms with van der Waals surface area (Å²) < 4.78 is 5.77. The predicted octanol–water partition coefficient (Wildman–Crippen LogP) is 4.44. The maximum Gasteiger partial charge on any atom is 0.224 e. The molecule has 0 aromatic heterocycles. The number of rotatable bonds is 6. The number of ether oxygens (including phenoxy) is 1. The Morgan fingerprint density at radius 2 is 1.75 bits per heavy atom. The molecule has 0 radical (unpaired) electrons. The van der Waals surface area contributed by atoms with Gasteiger partial charge < -0.3 is 10.1 Å². The number of nitrogens with one attached hydrogen (secondary N) is 1. The summed E-state index contributed by atoms with van der Waals surface area (Å²) in [5, 5.41) is 2.84.